The summed E-state index contributed by atoms with van der Waals surface area (Å²) in [4.78, 5) is 4.16. The maximum Gasteiger partial charge on any atom is 0.166 e. The number of nitrogens with zero attached hydrogens (tertiary/aromatic N) is 3. The minimum atomic E-state index is -0.118. The van der Waals surface area contributed by atoms with Crippen molar-refractivity contribution in [2.75, 3.05) is 7.11 Å². The first-order valence-electron chi connectivity index (χ1n) is 5.97. The molecule has 2 aromatic rings. The van der Waals surface area contributed by atoms with Crippen molar-refractivity contribution in [1.82, 2.24) is 14.8 Å². The van der Waals surface area contributed by atoms with Gasteiger partial charge in [0.1, 0.15) is 12.1 Å². The van der Waals surface area contributed by atoms with E-state index in [0.29, 0.717) is 5.82 Å². The third-order valence-corrected chi connectivity index (χ3v) is 2.75. The maximum absolute atomic E-state index is 5.71. The fourth-order valence-corrected chi connectivity index (χ4v) is 1.66. The van der Waals surface area contributed by atoms with Crippen molar-refractivity contribution in [1.29, 1.82) is 0 Å². The highest BCUT2D eigenvalue weighted by Crippen LogP contribution is 2.12. The van der Waals surface area contributed by atoms with Gasteiger partial charge in [0.05, 0.1) is 13.2 Å². The zero-order valence-electron chi connectivity index (χ0n) is 10.7. The van der Waals surface area contributed by atoms with E-state index in [-0.39, 0.29) is 6.04 Å². The van der Waals surface area contributed by atoms with Crippen molar-refractivity contribution in [3.05, 3.63) is 42.0 Å². The fraction of sp³-hybridized carbons (Fsp3) is 0.385. The summed E-state index contributed by atoms with van der Waals surface area (Å²) in [5.74, 6) is 1.56. The second kappa shape index (κ2) is 5.64. The molecule has 0 saturated carbocycles. The maximum atomic E-state index is 5.71. The third kappa shape index (κ3) is 3.07. The molecule has 0 spiro atoms. The Morgan fingerprint density at radius 2 is 2.06 bits per heavy atom. The number of benzene rings is 1. The normalized spacial score (nSPS) is 12.4. The Balaban J connectivity index is 1.93. The molecule has 0 fully saturated rings. The Kier molecular flexibility index (Phi) is 3.94. The third-order valence-electron chi connectivity index (χ3n) is 2.75. The van der Waals surface area contributed by atoms with Crippen LogP contribution in [0.5, 0.6) is 5.75 Å². The fourth-order valence-electron chi connectivity index (χ4n) is 1.66. The molecule has 5 heteroatoms. The summed E-state index contributed by atoms with van der Waals surface area (Å²) in [6.45, 7) is 2.68. The average Bonchev–Trinajstić information content (AvgIpc) is 2.86. The SMILES string of the molecule is COc1ccc(CCn2cnc(C(C)N)n2)cc1. The van der Waals surface area contributed by atoms with Gasteiger partial charge < -0.3 is 10.5 Å². The van der Waals surface area contributed by atoms with Gasteiger partial charge in [0.25, 0.3) is 0 Å². The van der Waals surface area contributed by atoms with Crippen LogP contribution in [-0.2, 0) is 13.0 Å². The van der Waals surface area contributed by atoms with Crippen LogP contribution in [0.1, 0.15) is 24.4 Å². The van der Waals surface area contributed by atoms with Crippen molar-refractivity contribution >= 4 is 0 Å². The highest BCUT2D eigenvalue weighted by molar-refractivity contribution is 5.27. The molecule has 1 unspecified atom stereocenters. The largest absolute Gasteiger partial charge is 0.497 e. The number of aryl methyl sites for hydroxylation is 2. The summed E-state index contributed by atoms with van der Waals surface area (Å²) >= 11 is 0. The second-order valence-corrected chi connectivity index (χ2v) is 4.25. The predicted octanol–water partition coefficient (Wildman–Crippen LogP) is 1.55. The van der Waals surface area contributed by atoms with Gasteiger partial charge in [-0.25, -0.2) is 4.98 Å². The van der Waals surface area contributed by atoms with E-state index in [1.165, 1.54) is 5.56 Å². The molecule has 2 N–H and O–H groups in total. The molecule has 0 aliphatic rings. The molecular weight excluding hydrogens is 228 g/mol. The summed E-state index contributed by atoms with van der Waals surface area (Å²) in [5, 5.41) is 4.31. The molecule has 0 amide bonds. The first-order chi connectivity index (χ1) is 8.69. The summed E-state index contributed by atoms with van der Waals surface area (Å²) in [6.07, 6.45) is 2.63. The molecule has 2 rings (SSSR count). The molecule has 1 aromatic carbocycles. The van der Waals surface area contributed by atoms with Crippen molar-refractivity contribution in [2.24, 2.45) is 5.73 Å². The van der Waals surface area contributed by atoms with Crippen molar-refractivity contribution in [3.8, 4) is 5.75 Å². The van der Waals surface area contributed by atoms with E-state index < -0.39 is 0 Å². The smallest absolute Gasteiger partial charge is 0.166 e. The molecule has 0 radical (unpaired) electrons. The number of methoxy groups -OCH3 is 1. The van der Waals surface area contributed by atoms with Crippen LogP contribution in [-0.4, -0.2) is 21.9 Å². The standard InChI is InChI=1S/C13H18N4O/c1-10(14)13-15-9-17(16-13)8-7-11-3-5-12(18-2)6-4-11/h3-6,9-10H,7-8,14H2,1-2H3. The monoisotopic (exact) mass is 246 g/mol. The lowest BCUT2D eigenvalue weighted by Gasteiger charge is -2.03. The number of hydrogen-bond donors (Lipinski definition) is 1. The molecule has 1 atom stereocenters. The Morgan fingerprint density at radius 3 is 2.61 bits per heavy atom. The van der Waals surface area contributed by atoms with Gasteiger partial charge in [-0.05, 0) is 31.0 Å². The molecule has 96 valence electrons. The van der Waals surface area contributed by atoms with Crippen molar-refractivity contribution in [3.63, 3.8) is 0 Å². The molecule has 5 nitrogen and oxygen atoms in total. The van der Waals surface area contributed by atoms with Crippen LogP contribution in [0, 0.1) is 0 Å². The van der Waals surface area contributed by atoms with Crippen LogP contribution < -0.4 is 10.5 Å². The Hall–Kier alpha value is -1.88. The number of nitrogens with two attached hydrogens (primary N) is 1. The van der Waals surface area contributed by atoms with Crippen LogP contribution in [0.4, 0.5) is 0 Å². The molecular formula is C13H18N4O. The van der Waals surface area contributed by atoms with Gasteiger partial charge in [-0.15, -0.1) is 0 Å². The van der Waals surface area contributed by atoms with E-state index in [4.69, 9.17) is 10.5 Å². The molecule has 0 aliphatic carbocycles. The molecule has 1 aromatic heterocycles. The minimum Gasteiger partial charge on any atom is -0.497 e. The zero-order valence-corrected chi connectivity index (χ0v) is 10.7. The summed E-state index contributed by atoms with van der Waals surface area (Å²) in [7, 11) is 1.67. The van der Waals surface area contributed by atoms with E-state index in [1.54, 1.807) is 13.4 Å². The first-order valence-corrected chi connectivity index (χ1v) is 5.97. The van der Waals surface area contributed by atoms with Gasteiger partial charge in [0, 0.05) is 6.54 Å². The van der Waals surface area contributed by atoms with Crippen LogP contribution in [0.2, 0.25) is 0 Å². The van der Waals surface area contributed by atoms with Gasteiger partial charge >= 0.3 is 0 Å². The van der Waals surface area contributed by atoms with Crippen LogP contribution in [0.15, 0.2) is 30.6 Å². The van der Waals surface area contributed by atoms with E-state index >= 15 is 0 Å². The van der Waals surface area contributed by atoms with Gasteiger partial charge in [0.2, 0.25) is 0 Å². The van der Waals surface area contributed by atoms with Crippen LogP contribution >= 0.6 is 0 Å². The van der Waals surface area contributed by atoms with Gasteiger partial charge in [-0.2, -0.15) is 5.10 Å². The lowest BCUT2D eigenvalue weighted by molar-refractivity contribution is 0.414. The summed E-state index contributed by atoms with van der Waals surface area (Å²) in [6, 6.07) is 7.92. The van der Waals surface area contributed by atoms with Gasteiger partial charge in [0.15, 0.2) is 5.82 Å². The van der Waals surface area contributed by atoms with Crippen molar-refractivity contribution < 1.29 is 4.74 Å². The molecule has 18 heavy (non-hydrogen) atoms. The molecule has 0 saturated heterocycles. The lowest BCUT2D eigenvalue weighted by Crippen LogP contribution is -2.09. The summed E-state index contributed by atoms with van der Waals surface area (Å²) in [5.41, 5.74) is 6.96. The predicted molar refractivity (Wildman–Crippen MR) is 69.3 cm³/mol. The highest BCUT2D eigenvalue weighted by atomic mass is 16.5. The van der Waals surface area contributed by atoms with Crippen LogP contribution in [0.25, 0.3) is 0 Å². The zero-order chi connectivity index (χ0) is 13.0. The Labute approximate surface area is 107 Å². The lowest BCUT2D eigenvalue weighted by atomic mass is 10.1. The Morgan fingerprint density at radius 1 is 1.33 bits per heavy atom. The minimum absolute atomic E-state index is 0.118. The van der Waals surface area contributed by atoms with E-state index in [9.17, 15) is 0 Å². The number of hydrogen-bond acceptors (Lipinski definition) is 4. The van der Waals surface area contributed by atoms with E-state index in [0.717, 1.165) is 18.7 Å². The number of rotatable bonds is 5. The quantitative estimate of drug-likeness (QED) is 0.869. The molecule has 0 aliphatic heterocycles. The van der Waals surface area contributed by atoms with E-state index in [2.05, 4.69) is 22.2 Å². The average molecular weight is 246 g/mol. The van der Waals surface area contributed by atoms with Crippen LogP contribution in [0.3, 0.4) is 0 Å². The Bertz CT molecular complexity index is 490. The second-order valence-electron chi connectivity index (χ2n) is 4.25. The highest BCUT2D eigenvalue weighted by Gasteiger charge is 2.05. The topological polar surface area (TPSA) is 66.0 Å². The van der Waals surface area contributed by atoms with Crippen molar-refractivity contribution in [2.45, 2.75) is 25.9 Å². The molecule has 0 bridgehead atoms. The first kappa shape index (κ1) is 12.6. The number of aromatic nitrogens is 3. The number of ether oxygens (including phenoxy) is 1. The summed E-state index contributed by atoms with van der Waals surface area (Å²) < 4.78 is 6.94. The van der Waals surface area contributed by atoms with E-state index in [1.807, 2.05) is 23.7 Å². The molecule has 1 heterocycles. The van der Waals surface area contributed by atoms with Gasteiger partial charge in [-0.1, -0.05) is 12.1 Å². The van der Waals surface area contributed by atoms with Gasteiger partial charge in [-0.3, -0.25) is 4.68 Å².